The van der Waals surface area contributed by atoms with E-state index >= 15 is 0 Å². The molecule has 120 valence electrons. The Morgan fingerprint density at radius 3 is 2.50 bits per heavy atom. The lowest BCUT2D eigenvalue weighted by Gasteiger charge is -2.28. The molecular weight excluding hydrogens is 294 g/mol. The molecular formula is C13H17N3O6. The highest BCUT2D eigenvalue weighted by Gasteiger charge is 2.36. The van der Waals surface area contributed by atoms with Gasteiger partial charge in [-0.2, -0.15) is 4.68 Å². The summed E-state index contributed by atoms with van der Waals surface area (Å²) in [5.74, 6) is -2.18. The summed E-state index contributed by atoms with van der Waals surface area (Å²) < 4.78 is 10.1. The van der Waals surface area contributed by atoms with Crippen molar-refractivity contribution >= 4 is 17.8 Å². The molecule has 9 heteroatoms. The highest BCUT2D eigenvalue weighted by Crippen LogP contribution is 2.22. The van der Waals surface area contributed by atoms with E-state index in [1.807, 2.05) is 0 Å². The number of carbonyl (C=O) groups excluding carboxylic acids is 3. The number of esters is 2. The summed E-state index contributed by atoms with van der Waals surface area (Å²) in [6.07, 6.45) is 2.95. The minimum Gasteiger partial charge on any atom is -0.466 e. The number of aromatic nitrogens is 3. The summed E-state index contributed by atoms with van der Waals surface area (Å²) in [5, 5.41) is 17.0. The van der Waals surface area contributed by atoms with Gasteiger partial charge < -0.3 is 14.6 Å². The van der Waals surface area contributed by atoms with Gasteiger partial charge in [0.25, 0.3) is 5.91 Å². The molecule has 0 aliphatic heterocycles. The Morgan fingerprint density at radius 2 is 1.95 bits per heavy atom. The van der Waals surface area contributed by atoms with Crippen LogP contribution in [0.25, 0.3) is 0 Å². The minimum atomic E-state index is -1.45. The lowest BCUT2D eigenvalue weighted by atomic mass is 9.87. The first-order chi connectivity index (χ1) is 10.3. The molecule has 0 aromatic carbocycles. The maximum absolute atomic E-state index is 11.9. The standard InChI is InChI=1S/C13H17N3O6/c1-13(2,8-22-10(18)5-4-9(17)21-3)11(19)12(20)16-7-6-14-15-16/h4-7,11,19H,8H2,1-3H3/b5-4+/t11-/m0/s1. The topological polar surface area (TPSA) is 121 Å². The van der Waals surface area contributed by atoms with Crippen LogP contribution in [0.15, 0.2) is 24.5 Å². The van der Waals surface area contributed by atoms with E-state index in [4.69, 9.17) is 4.74 Å². The van der Waals surface area contributed by atoms with Crippen LogP contribution < -0.4 is 0 Å². The van der Waals surface area contributed by atoms with Gasteiger partial charge >= 0.3 is 11.9 Å². The lowest BCUT2D eigenvalue weighted by Crippen LogP contribution is -2.43. The third kappa shape index (κ3) is 4.77. The average Bonchev–Trinajstić information content (AvgIpc) is 3.03. The van der Waals surface area contributed by atoms with Crippen molar-refractivity contribution in [1.29, 1.82) is 0 Å². The van der Waals surface area contributed by atoms with E-state index in [0.29, 0.717) is 0 Å². The van der Waals surface area contributed by atoms with Gasteiger partial charge in [0.2, 0.25) is 0 Å². The molecule has 0 unspecified atom stereocenters. The Kier molecular flexibility index (Phi) is 5.93. The number of hydrogen-bond donors (Lipinski definition) is 1. The molecule has 9 nitrogen and oxygen atoms in total. The second-order valence-corrected chi connectivity index (χ2v) is 5.04. The summed E-state index contributed by atoms with van der Waals surface area (Å²) >= 11 is 0. The minimum absolute atomic E-state index is 0.237. The molecule has 1 heterocycles. The Bertz CT molecular complexity index is 564. The second-order valence-electron chi connectivity index (χ2n) is 5.04. The molecule has 0 aliphatic carbocycles. The van der Waals surface area contributed by atoms with Crippen LogP contribution in [0.1, 0.15) is 18.6 Å². The monoisotopic (exact) mass is 311 g/mol. The van der Waals surface area contributed by atoms with Crippen molar-refractivity contribution in [3.8, 4) is 0 Å². The smallest absolute Gasteiger partial charge is 0.331 e. The molecule has 0 aliphatic rings. The van der Waals surface area contributed by atoms with Gasteiger partial charge in [0.1, 0.15) is 6.10 Å². The Morgan fingerprint density at radius 1 is 1.32 bits per heavy atom. The number of nitrogens with zero attached hydrogens (tertiary/aromatic N) is 3. The number of rotatable bonds is 6. The maximum Gasteiger partial charge on any atom is 0.331 e. The number of methoxy groups -OCH3 is 1. The van der Waals surface area contributed by atoms with Gasteiger partial charge in [-0.1, -0.05) is 19.1 Å². The normalized spacial score (nSPS) is 12.9. The van der Waals surface area contributed by atoms with Gasteiger partial charge in [0, 0.05) is 17.6 Å². The van der Waals surface area contributed by atoms with Crippen LogP contribution in [0, 0.1) is 5.41 Å². The molecule has 1 atom stereocenters. The maximum atomic E-state index is 11.9. The Hall–Kier alpha value is -2.55. The molecule has 0 spiro atoms. The molecule has 0 fully saturated rings. The predicted octanol–water partition coefficient (Wildman–Crippen LogP) is -0.422. The van der Waals surface area contributed by atoms with Crippen molar-refractivity contribution in [1.82, 2.24) is 15.0 Å². The number of ether oxygens (including phenoxy) is 2. The van der Waals surface area contributed by atoms with E-state index in [0.717, 1.165) is 16.8 Å². The lowest BCUT2D eigenvalue weighted by molar-refractivity contribution is -0.143. The zero-order valence-electron chi connectivity index (χ0n) is 12.4. The summed E-state index contributed by atoms with van der Waals surface area (Å²) in [4.78, 5) is 34.2. The van der Waals surface area contributed by atoms with E-state index < -0.39 is 29.4 Å². The first-order valence-corrected chi connectivity index (χ1v) is 6.29. The zero-order chi connectivity index (χ0) is 16.8. The Balaban J connectivity index is 2.59. The van der Waals surface area contributed by atoms with Gasteiger partial charge in [0.05, 0.1) is 26.1 Å². The van der Waals surface area contributed by atoms with E-state index in [9.17, 15) is 19.5 Å². The van der Waals surface area contributed by atoms with Crippen molar-refractivity contribution in [3.05, 3.63) is 24.5 Å². The number of carbonyl (C=O) groups is 3. The molecule has 0 amide bonds. The molecule has 1 aromatic heterocycles. The summed E-state index contributed by atoms with van der Waals surface area (Å²) in [5.41, 5.74) is -1.06. The van der Waals surface area contributed by atoms with Crippen LogP contribution in [0.5, 0.6) is 0 Å². The van der Waals surface area contributed by atoms with Crippen LogP contribution in [0.3, 0.4) is 0 Å². The average molecular weight is 311 g/mol. The number of aliphatic hydroxyl groups excluding tert-OH is 1. The van der Waals surface area contributed by atoms with Crippen molar-refractivity contribution in [3.63, 3.8) is 0 Å². The Labute approximate surface area is 126 Å². The van der Waals surface area contributed by atoms with Gasteiger partial charge in [0.15, 0.2) is 0 Å². The van der Waals surface area contributed by atoms with Gasteiger partial charge in [-0.3, -0.25) is 4.79 Å². The number of hydrogen-bond acceptors (Lipinski definition) is 8. The molecule has 0 saturated carbocycles. The SMILES string of the molecule is COC(=O)/C=C/C(=O)OCC(C)(C)[C@@H](O)C(=O)n1ccnn1. The predicted molar refractivity (Wildman–Crippen MR) is 72.6 cm³/mol. The van der Waals surface area contributed by atoms with Crippen molar-refractivity contribution in [2.45, 2.75) is 20.0 Å². The fraction of sp³-hybridized carbons (Fsp3) is 0.462. The summed E-state index contributed by atoms with van der Waals surface area (Å²) in [6, 6.07) is 0. The van der Waals surface area contributed by atoms with Crippen LogP contribution >= 0.6 is 0 Å². The van der Waals surface area contributed by atoms with Gasteiger partial charge in [-0.25, -0.2) is 9.59 Å². The third-order valence-corrected chi connectivity index (χ3v) is 2.77. The quantitative estimate of drug-likeness (QED) is 0.555. The fourth-order valence-corrected chi connectivity index (χ4v) is 1.37. The van der Waals surface area contributed by atoms with Gasteiger partial charge in [-0.15, -0.1) is 5.10 Å². The first-order valence-electron chi connectivity index (χ1n) is 6.29. The third-order valence-electron chi connectivity index (χ3n) is 2.77. The van der Waals surface area contributed by atoms with Crippen LogP contribution in [0.2, 0.25) is 0 Å². The van der Waals surface area contributed by atoms with Gasteiger partial charge in [-0.05, 0) is 0 Å². The van der Waals surface area contributed by atoms with Crippen molar-refractivity contribution in [2.75, 3.05) is 13.7 Å². The van der Waals surface area contributed by atoms with E-state index in [2.05, 4.69) is 15.0 Å². The molecule has 0 saturated heterocycles. The molecule has 22 heavy (non-hydrogen) atoms. The summed E-state index contributed by atoms with van der Waals surface area (Å²) in [6.45, 7) is 2.85. The van der Waals surface area contributed by atoms with E-state index in [1.54, 1.807) is 13.8 Å². The van der Waals surface area contributed by atoms with E-state index in [1.165, 1.54) is 19.5 Å². The molecule has 1 aromatic rings. The fourth-order valence-electron chi connectivity index (χ4n) is 1.37. The second kappa shape index (κ2) is 7.46. The largest absolute Gasteiger partial charge is 0.466 e. The highest BCUT2D eigenvalue weighted by molar-refractivity contribution is 5.91. The van der Waals surface area contributed by atoms with Crippen molar-refractivity contribution < 1.29 is 29.0 Å². The zero-order valence-corrected chi connectivity index (χ0v) is 12.4. The molecule has 1 rings (SSSR count). The highest BCUT2D eigenvalue weighted by atomic mass is 16.5. The van der Waals surface area contributed by atoms with E-state index in [-0.39, 0.29) is 6.61 Å². The summed E-state index contributed by atoms with van der Waals surface area (Å²) in [7, 11) is 1.17. The number of aliphatic hydroxyl groups is 1. The molecule has 1 N–H and O–H groups in total. The molecule has 0 bridgehead atoms. The van der Waals surface area contributed by atoms with Crippen LogP contribution in [-0.4, -0.2) is 57.8 Å². The van der Waals surface area contributed by atoms with Crippen LogP contribution in [-0.2, 0) is 19.1 Å². The van der Waals surface area contributed by atoms with Crippen LogP contribution in [0.4, 0.5) is 0 Å². The first kappa shape index (κ1) is 17.5. The molecule has 0 radical (unpaired) electrons. The van der Waals surface area contributed by atoms with Crippen molar-refractivity contribution in [2.24, 2.45) is 5.41 Å².